The van der Waals surface area contributed by atoms with Gasteiger partial charge in [0.05, 0.1) is 0 Å². The molecule has 0 bridgehead atoms. The molecule has 3 rings (SSSR count). The molecule has 0 aromatic heterocycles. The van der Waals surface area contributed by atoms with Crippen LogP contribution in [0.3, 0.4) is 0 Å². The van der Waals surface area contributed by atoms with Crippen molar-refractivity contribution < 1.29 is 0 Å². The quantitative estimate of drug-likeness (QED) is 0.922. The van der Waals surface area contributed by atoms with Gasteiger partial charge in [-0.3, -0.25) is 4.90 Å². The van der Waals surface area contributed by atoms with E-state index in [1.54, 1.807) is 0 Å². The molecule has 2 nitrogen and oxygen atoms in total. The number of likely N-dealkylation sites (N-methyl/N-ethyl adjacent to an activating group) is 1. The highest BCUT2D eigenvalue weighted by Gasteiger charge is 2.44. The van der Waals surface area contributed by atoms with Crippen LogP contribution < -0.4 is 5.73 Å². The third-order valence-electron chi connectivity index (χ3n) is 4.87. The molecule has 1 unspecified atom stereocenters. The first-order valence-corrected chi connectivity index (χ1v) is 8.22. The Hall–Kier alpha value is -0.380. The first-order valence-electron chi connectivity index (χ1n) is 7.42. The average Bonchev–Trinajstić information content (AvgIpc) is 3.24. The zero-order valence-electron chi connectivity index (χ0n) is 11.7. The van der Waals surface area contributed by atoms with E-state index < -0.39 is 0 Å². The maximum atomic E-state index is 6.22. The van der Waals surface area contributed by atoms with Gasteiger partial charge in [-0.2, -0.15) is 0 Å². The number of hydrogen-bond donors (Lipinski definition) is 1. The molecular weight excluding hydrogens is 300 g/mol. The third kappa shape index (κ3) is 2.48. The van der Waals surface area contributed by atoms with E-state index in [1.807, 2.05) is 0 Å². The molecular formula is C16H23BrN2. The summed E-state index contributed by atoms with van der Waals surface area (Å²) in [6.45, 7) is 4.20. The third-order valence-corrected chi connectivity index (χ3v) is 5.36. The highest BCUT2D eigenvalue weighted by Crippen LogP contribution is 2.40. The van der Waals surface area contributed by atoms with E-state index in [-0.39, 0.29) is 5.54 Å². The Kier molecular flexibility index (Phi) is 3.71. The standard InChI is InChI=1S/C16H23BrN2/c1-2-19(15-5-6-15)16(11-18)8-7-12-9-14(17)4-3-13(12)10-16/h3-4,9,15H,2,5-8,10-11,18H2,1H3. The van der Waals surface area contributed by atoms with E-state index in [0.717, 1.165) is 32.0 Å². The molecule has 19 heavy (non-hydrogen) atoms. The Balaban J connectivity index is 1.90. The first-order chi connectivity index (χ1) is 9.18. The molecule has 1 atom stereocenters. The number of nitrogens with zero attached hydrogens (tertiary/aromatic N) is 1. The van der Waals surface area contributed by atoms with Gasteiger partial charge in [0.25, 0.3) is 0 Å². The predicted molar refractivity (Wildman–Crippen MR) is 83.4 cm³/mol. The van der Waals surface area contributed by atoms with Crippen LogP contribution in [0.25, 0.3) is 0 Å². The van der Waals surface area contributed by atoms with Crippen LogP contribution in [-0.4, -0.2) is 29.6 Å². The van der Waals surface area contributed by atoms with E-state index in [4.69, 9.17) is 5.73 Å². The normalized spacial score (nSPS) is 26.5. The van der Waals surface area contributed by atoms with Crippen LogP contribution in [0.4, 0.5) is 0 Å². The van der Waals surface area contributed by atoms with Gasteiger partial charge in [0, 0.05) is 22.6 Å². The van der Waals surface area contributed by atoms with Gasteiger partial charge in [0.1, 0.15) is 0 Å². The maximum absolute atomic E-state index is 6.22. The molecule has 104 valence electrons. The van der Waals surface area contributed by atoms with Crippen molar-refractivity contribution >= 4 is 15.9 Å². The smallest absolute Gasteiger partial charge is 0.0378 e. The zero-order valence-corrected chi connectivity index (χ0v) is 13.2. The van der Waals surface area contributed by atoms with Crippen molar-refractivity contribution in [3.8, 4) is 0 Å². The minimum absolute atomic E-state index is 0.205. The molecule has 1 saturated carbocycles. The second-order valence-electron chi connectivity index (χ2n) is 6.04. The maximum Gasteiger partial charge on any atom is 0.0378 e. The molecule has 0 spiro atoms. The predicted octanol–water partition coefficient (Wildman–Crippen LogP) is 3.12. The van der Waals surface area contributed by atoms with Crippen molar-refractivity contribution in [2.45, 2.75) is 50.6 Å². The summed E-state index contributed by atoms with van der Waals surface area (Å²) >= 11 is 3.58. The van der Waals surface area contributed by atoms with Crippen LogP contribution in [-0.2, 0) is 12.8 Å². The van der Waals surface area contributed by atoms with Crippen LogP contribution in [0.15, 0.2) is 22.7 Å². The first kappa shape index (κ1) is 13.6. The van der Waals surface area contributed by atoms with Crippen LogP contribution in [0.1, 0.15) is 37.3 Å². The number of aryl methyl sites for hydroxylation is 1. The van der Waals surface area contributed by atoms with Crippen molar-refractivity contribution in [1.82, 2.24) is 4.90 Å². The van der Waals surface area contributed by atoms with E-state index >= 15 is 0 Å². The number of fused-ring (bicyclic) bond motifs is 1. The van der Waals surface area contributed by atoms with E-state index in [9.17, 15) is 0 Å². The van der Waals surface area contributed by atoms with Gasteiger partial charge in [-0.25, -0.2) is 0 Å². The van der Waals surface area contributed by atoms with Gasteiger partial charge in [-0.1, -0.05) is 28.9 Å². The molecule has 0 saturated heterocycles. The Labute approximate surface area is 124 Å². The highest BCUT2D eigenvalue weighted by molar-refractivity contribution is 9.10. The molecule has 0 radical (unpaired) electrons. The van der Waals surface area contributed by atoms with Crippen molar-refractivity contribution in [2.75, 3.05) is 13.1 Å². The van der Waals surface area contributed by atoms with Crippen LogP contribution in [0.2, 0.25) is 0 Å². The van der Waals surface area contributed by atoms with Crippen LogP contribution in [0, 0.1) is 0 Å². The molecule has 3 heteroatoms. The summed E-state index contributed by atoms with van der Waals surface area (Å²) in [7, 11) is 0. The lowest BCUT2D eigenvalue weighted by molar-refractivity contribution is 0.0764. The fourth-order valence-corrected chi connectivity index (χ4v) is 4.12. The summed E-state index contributed by atoms with van der Waals surface area (Å²) in [5.74, 6) is 0. The summed E-state index contributed by atoms with van der Waals surface area (Å²) in [4.78, 5) is 2.69. The lowest BCUT2D eigenvalue weighted by atomic mass is 9.76. The SMILES string of the molecule is CCN(C1CC1)C1(CN)CCc2cc(Br)ccc2C1. The van der Waals surface area contributed by atoms with Gasteiger partial charge in [0.2, 0.25) is 0 Å². The topological polar surface area (TPSA) is 29.3 Å². The number of hydrogen-bond acceptors (Lipinski definition) is 2. The van der Waals surface area contributed by atoms with E-state index in [0.29, 0.717) is 0 Å². The summed E-state index contributed by atoms with van der Waals surface area (Å²) in [5, 5.41) is 0. The van der Waals surface area contributed by atoms with Gasteiger partial charge < -0.3 is 5.73 Å². The summed E-state index contributed by atoms with van der Waals surface area (Å²) in [6, 6.07) is 7.52. The number of nitrogens with two attached hydrogens (primary N) is 1. The fraction of sp³-hybridized carbons (Fsp3) is 0.625. The van der Waals surface area contributed by atoms with Crippen molar-refractivity contribution in [3.63, 3.8) is 0 Å². The lowest BCUT2D eigenvalue weighted by Gasteiger charge is -2.46. The molecule has 2 N–H and O–H groups in total. The minimum Gasteiger partial charge on any atom is -0.329 e. The van der Waals surface area contributed by atoms with Crippen LogP contribution >= 0.6 is 15.9 Å². The Morgan fingerprint density at radius 3 is 2.79 bits per heavy atom. The summed E-state index contributed by atoms with van der Waals surface area (Å²) in [5.41, 5.74) is 9.43. The van der Waals surface area contributed by atoms with Gasteiger partial charge >= 0.3 is 0 Å². The second-order valence-corrected chi connectivity index (χ2v) is 6.95. The number of halogens is 1. The van der Waals surface area contributed by atoms with Gasteiger partial charge in [-0.05, 0) is 61.9 Å². The van der Waals surface area contributed by atoms with Crippen LogP contribution in [0.5, 0.6) is 0 Å². The van der Waals surface area contributed by atoms with Crippen molar-refractivity contribution in [2.24, 2.45) is 5.73 Å². The molecule has 1 aromatic rings. The number of rotatable bonds is 4. The summed E-state index contributed by atoms with van der Waals surface area (Å²) < 4.78 is 1.20. The molecule has 0 aliphatic heterocycles. The number of benzene rings is 1. The van der Waals surface area contributed by atoms with Gasteiger partial charge in [0.15, 0.2) is 0 Å². The molecule has 1 aromatic carbocycles. The molecule has 2 aliphatic carbocycles. The largest absolute Gasteiger partial charge is 0.329 e. The molecule has 0 amide bonds. The molecule has 1 fully saturated rings. The van der Waals surface area contributed by atoms with Gasteiger partial charge in [-0.15, -0.1) is 0 Å². The van der Waals surface area contributed by atoms with Crippen molar-refractivity contribution in [3.05, 3.63) is 33.8 Å². The molecule has 2 aliphatic rings. The average molecular weight is 323 g/mol. The Morgan fingerprint density at radius 2 is 2.16 bits per heavy atom. The summed E-state index contributed by atoms with van der Waals surface area (Å²) in [6.07, 6.45) is 6.22. The Morgan fingerprint density at radius 1 is 1.37 bits per heavy atom. The highest BCUT2D eigenvalue weighted by atomic mass is 79.9. The minimum atomic E-state index is 0.205. The Bertz CT molecular complexity index is 470. The fourth-order valence-electron chi connectivity index (χ4n) is 3.71. The van der Waals surface area contributed by atoms with E-state index in [2.05, 4.69) is 46.0 Å². The second kappa shape index (κ2) is 5.19. The molecule has 0 heterocycles. The lowest BCUT2D eigenvalue weighted by Crippen LogP contribution is -2.57. The van der Waals surface area contributed by atoms with Crippen molar-refractivity contribution in [1.29, 1.82) is 0 Å². The zero-order chi connectivity index (χ0) is 13.5. The van der Waals surface area contributed by atoms with E-state index in [1.165, 1.54) is 34.9 Å². The monoisotopic (exact) mass is 322 g/mol.